The molecule has 30 heavy (non-hydrogen) atoms. The van der Waals surface area contributed by atoms with Crippen LogP contribution in [0.3, 0.4) is 0 Å². The number of ketones is 1. The summed E-state index contributed by atoms with van der Waals surface area (Å²) in [6.07, 6.45) is 2.17. The van der Waals surface area contributed by atoms with E-state index in [0.29, 0.717) is 29.4 Å². The zero-order chi connectivity index (χ0) is 21.3. The molecule has 9 heteroatoms. The molecule has 0 spiro atoms. The maximum Gasteiger partial charge on any atom is 0.255 e. The fraction of sp³-hybridized carbons (Fsp3) is 0.286. The van der Waals surface area contributed by atoms with Gasteiger partial charge in [0.1, 0.15) is 18.2 Å². The highest BCUT2D eigenvalue weighted by Crippen LogP contribution is 2.20. The van der Waals surface area contributed by atoms with Crippen LogP contribution in [-0.4, -0.2) is 51.1 Å². The number of morpholine rings is 1. The van der Waals surface area contributed by atoms with E-state index in [9.17, 15) is 14.0 Å². The molecule has 4 rings (SSSR count). The van der Waals surface area contributed by atoms with Crippen LogP contribution >= 0.6 is 0 Å². The molecule has 0 saturated carbocycles. The fourth-order valence-electron chi connectivity index (χ4n) is 3.31. The number of benzene rings is 1. The quantitative estimate of drug-likeness (QED) is 0.607. The van der Waals surface area contributed by atoms with Crippen LogP contribution in [0.4, 0.5) is 10.3 Å². The van der Waals surface area contributed by atoms with Crippen LogP contribution in [-0.2, 0) is 11.8 Å². The summed E-state index contributed by atoms with van der Waals surface area (Å²) in [6.45, 7) is 2.57. The summed E-state index contributed by atoms with van der Waals surface area (Å²) in [6, 6.07) is 7.46. The van der Waals surface area contributed by atoms with E-state index in [-0.39, 0.29) is 30.1 Å². The molecular formula is C21H20FN5O3. The molecule has 3 heterocycles. The average molecular weight is 409 g/mol. The van der Waals surface area contributed by atoms with Gasteiger partial charge in [0.25, 0.3) is 5.56 Å². The summed E-state index contributed by atoms with van der Waals surface area (Å²) in [7, 11) is 1.62. The summed E-state index contributed by atoms with van der Waals surface area (Å²) in [5.74, 6) is -0.335. The number of aryl methyl sites for hydroxylation is 1. The molecule has 0 bridgehead atoms. The number of Topliss-reactive ketones (excluding diaryl/α,β-unsaturated/α-hetero) is 1. The number of hydrogen-bond acceptors (Lipinski definition) is 7. The fourth-order valence-corrected chi connectivity index (χ4v) is 3.31. The smallest absolute Gasteiger partial charge is 0.255 e. The Balaban J connectivity index is 1.63. The lowest BCUT2D eigenvalue weighted by molar-refractivity contribution is 0.0336. The Labute approximate surface area is 172 Å². The standard InChI is InChI=1S/C21H20FN5O3/c1-13-3-4-14(9-15(13)22)20(29)18-11-27(7-8-30-18)21-25-17(10-19(28)26(21)2)16-5-6-23-12-24-16/h3-6,9-10,12,18H,7-8,11H2,1-2H3. The summed E-state index contributed by atoms with van der Waals surface area (Å²) in [5, 5.41) is 0. The predicted molar refractivity (Wildman–Crippen MR) is 108 cm³/mol. The first-order chi connectivity index (χ1) is 14.4. The minimum absolute atomic E-state index is 0.196. The van der Waals surface area contributed by atoms with Crippen molar-refractivity contribution in [1.29, 1.82) is 0 Å². The molecule has 154 valence electrons. The highest BCUT2D eigenvalue weighted by atomic mass is 19.1. The van der Waals surface area contributed by atoms with Crippen molar-refractivity contribution in [3.8, 4) is 11.4 Å². The molecule has 1 fully saturated rings. The van der Waals surface area contributed by atoms with Crippen molar-refractivity contribution in [2.45, 2.75) is 13.0 Å². The largest absolute Gasteiger partial charge is 0.366 e. The second-order valence-electron chi connectivity index (χ2n) is 7.07. The van der Waals surface area contributed by atoms with Gasteiger partial charge in [-0.15, -0.1) is 0 Å². The van der Waals surface area contributed by atoms with E-state index < -0.39 is 11.9 Å². The van der Waals surface area contributed by atoms with Crippen molar-refractivity contribution in [3.05, 3.63) is 70.2 Å². The zero-order valence-corrected chi connectivity index (χ0v) is 16.6. The minimum atomic E-state index is -0.791. The summed E-state index contributed by atoms with van der Waals surface area (Å²) >= 11 is 0. The third-order valence-corrected chi connectivity index (χ3v) is 5.05. The Morgan fingerprint density at radius 3 is 2.80 bits per heavy atom. The molecule has 1 aliphatic heterocycles. The molecule has 1 atom stereocenters. The highest BCUT2D eigenvalue weighted by molar-refractivity contribution is 6.00. The van der Waals surface area contributed by atoms with E-state index in [1.54, 1.807) is 38.4 Å². The third kappa shape index (κ3) is 3.84. The predicted octanol–water partition coefficient (Wildman–Crippen LogP) is 1.77. The van der Waals surface area contributed by atoms with Gasteiger partial charge in [-0.2, -0.15) is 0 Å². The lowest BCUT2D eigenvalue weighted by atomic mass is 10.0. The van der Waals surface area contributed by atoms with E-state index >= 15 is 0 Å². The van der Waals surface area contributed by atoms with Crippen LogP contribution in [0.25, 0.3) is 11.4 Å². The van der Waals surface area contributed by atoms with E-state index in [2.05, 4.69) is 15.0 Å². The molecule has 1 aromatic carbocycles. The molecule has 0 aliphatic carbocycles. The number of hydrogen-bond donors (Lipinski definition) is 0. The topological polar surface area (TPSA) is 90.2 Å². The first-order valence-corrected chi connectivity index (χ1v) is 9.45. The van der Waals surface area contributed by atoms with Gasteiger partial charge in [-0.25, -0.2) is 19.3 Å². The van der Waals surface area contributed by atoms with E-state index in [1.165, 1.54) is 23.0 Å². The molecular weight excluding hydrogens is 389 g/mol. The van der Waals surface area contributed by atoms with E-state index in [4.69, 9.17) is 4.74 Å². The van der Waals surface area contributed by atoms with Gasteiger partial charge in [0.15, 0.2) is 5.78 Å². The monoisotopic (exact) mass is 409 g/mol. The molecule has 0 amide bonds. The number of ether oxygens (including phenoxy) is 1. The number of anilines is 1. The second-order valence-corrected chi connectivity index (χ2v) is 7.07. The van der Waals surface area contributed by atoms with Gasteiger partial charge in [-0.3, -0.25) is 14.2 Å². The molecule has 3 aromatic rings. The zero-order valence-electron chi connectivity index (χ0n) is 16.6. The van der Waals surface area contributed by atoms with Crippen LogP contribution in [0, 0.1) is 12.7 Å². The summed E-state index contributed by atoms with van der Waals surface area (Å²) < 4.78 is 21.0. The van der Waals surface area contributed by atoms with Gasteiger partial charge < -0.3 is 9.64 Å². The van der Waals surface area contributed by atoms with Crippen LogP contribution in [0.1, 0.15) is 15.9 Å². The van der Waals surface area contributed by atoms with Gasteiger partial charge in [-0.1, -0.05) is 12.1 Å². The van der Waals surface area contributed by atoms with Crippen molar-refractivity contribution in [3.63, 3.8) is 0 Å². The second kappa shape index (κ2) is 8.11. The SMILES string of the molecule is Cc1ccc(C(=O)C2CN(c3nc(-c4ccncn4)cc(=O)n3C)CCO2)cc1F. The van der Waals surface area contributed by atoms with Crippen LogP contribution < -0.4 is 10.5 Å². The lowest BCUT2D eigenvalue weighted by Gasteiger charge is -2.33. The number of carbonyl (C=O) groups excluding carboxylic acids is 1. The Bertz CT molecular complexity index is 1150. The maximum absolute atomic E-state index is 13.9. The molecule has 0 radical (unpaired) electrons. The molecule has 1 unspecified atom stereocenters. The molecule has 2 aromatic heterocycles. The Morgan fingerprint density at radius 2 is 2.07 bits per heavy atom. The number of rotatable bonds is 4. The summed E-state index contributed by atoms with van der Waals surface area (Å²) in [5.41, 5.74) is 1.43. The maximum atomic E-state index is 13.9. The first kappa shape index (κ1) is 19.8. The van der Waals surface area contributed by atoms with Crippen molar-refractivity contribution in [2.75, 3.05) is 24.6 Å². The van der Waals surface area contributed by atoms with Crippen molar-refractivity contribution >= 4 is 11.7 Å². The molecule has 1 saturated heterocycles. The normalized spacial score (nSPS) is 16.5. The number of halogens is 1. The highest BCUT2D eigenvalue weighted by Gasteiger charge is 2.30. The first-order valence-electron chi connectivity index (χ1n) is 9.45. The van der Waals surface area contributed by atoms with Gasteiger partial charge >= 0.3 is 0 Å². The summed E-state index contributed by atoms with van der Waals surface area (Å²) in [4.78, 5) is 39.8. The average Bonchev–Trinajstić information content (AvgIpc) is 2.77. The van der Waals surface area contributed by atoms with Crippen molar-refractivity contribution in [1.82, 2.24) is 19.5 Å². The van der Waals surface area contributed by atoms with Crippen LogP contribution in [0.15, 0.2) is 47.7 Å². The minimum Gasteiger partial charge on any atom is -0.366 e. The molecule has 0 N–H and O–H groups in total. The Hall–Kier alpha value is -3.46. The number of nitrogens with zero attached hydrogens (tertiary/aromatic N) is 5. The van der Waals surface area contributed by atoms with Gasteiger partial charge in [-0.05, 0) is 24.6 Å². The number of carbonyl (C=O) groups is 1. The molecule has 1 aliphatic rings. The third-order valence-electron chi connectivity index (χ3n) is 5.05. The van der Waals surface area contributed by atoms with Crippen LogP contribution in [0.2, 0.25) is 0 Å². The van der Waals surface area contributed by atoms with Gasteiger partial charge in [0.05, 0.1) is 24.5 Å². The number of aromatic nitrogens is 4. The molecule has 8 nitrogen and oxygen atoms in total. The van der Waals surface area contributed by atoms with Crippen molar-refractivity contribution in [2.24, 2.45) is 7.05 Å². The Morgan fingerprint density at radius 1 is 1.23 bits per heavy atom. The van der Waals surface area contributed by atoms with Gasteiger partial charge in [0, 0.05) is 31.4 Å². The van der Waals surface area contributed by atoms with Crippen LogP contribution in [0.5, 0.6) is 0 Å². The van der Waals surface area contributed by atoms with E-state index in [1.807, 2.05) is 4.90 Å². The Kier molecular flexibility index (Phi) is 5.37. The lowest BCUT2D eigenvalue weighted by Crippen LogP contribution is -2.48. The van der Waals surface area contributed by atoms with E-state index in [0.717, 1.165) is 0 Å². The van der Waals surface area contributed by atoms with Gasteiger partial charge in [0.2, 0.25) is 5.95 Å². The van der Waals surface area contributed by atoms with Crippen molar-refractivity contribution < 1.29 is 13.9 Å².